The first-order valence-electron chi connectivity index (χ1n) is 17.8. The summed E-state index contributed by atoms with van der Waals surface area (Å²) in [6.07, 6.45) is 8.47. The number of hydrogen-bond acceptors (Lipinski definition) is 10. The molecule has 282 valence electrons. The molecule has 0 unspecified atom stereocenters. The van der Waals surface area contributed by atoms with E-state index in [2.05, 4.69) is 33.5 Å². The van der Waals surface area contributed by atoms with Gasteiger partial charge in [0.2, 0.25) is 33.6 Å². The lowest BCUT2D eigenvalue weighted by Gasteiger charge is -2.31. The van der Waals surface area contributed by atoms with E-state index in [4.69, 9.17) is 9.47 Å². The molecule has 16 heteroatoms. The Kier molecular flexibility index (Phi) is 10.9. The van der Waals surface area contributed by atoms with Gasteiger partial charge in [0.25, 0.3) is 5.91 Å². The van der Waals surface area contributed by atoms with Gasteiger partial charge in [0.1, 0.15) is 23.7 Å². The number of hydrogen-bond donors (Lipinski definition) is 3. The van der Waals surface area contributed by atoms with Gasteiger partial charge in [-0.15, -0.1) is 6.58 Å². The minimum absolute atomic E-state index is 0.0354. The van der Waals surface area contributed by atoms with Crippen molar-refractivity contribution in [1.82, 2.24) is 30.1 Å². The van der Waals surface area contributed by atoms with Crippen molar-refractivity contribution in [2.24, 2.45) is 5.92 Å². The van der Waals surface area contributed by atoms with Crippen molar-refractivity contribution in [2.45, 2.75) is 74.4 Å². The minimum atomic E-state index is -3.93. The first-order valence-corrected chi connectivity index (χ1v) is 19.3. The Hall–Kier alpha value is -5.25. The van der Waals surface area contributed by atoms with E-state index >= 15 is 0 Å². The molecule has 1 aromatic heterocycles. The Morgan fingerprint density at radius 1 is 1.19 bits per heavy atom. The first-order chi connectivity index (χ1) is 25.4. The van der Waals surface area contributed by atoms with E-state index in [1.165, 1.54) is 15.9 Å². The molecule has 2 aliphatic heterocycles. The van der Waals surface area contributed by atoms with Crippen molar-refractivity contribution in [3.05, 3.63) is 67.4 Å². The quantitative estimate of drug-likeness (QED) is 0.240. The van der Waals surface area contributed by atoms with Crippen LogP contribution in [0.1, 0.15) is 51.0 Å². The third-order valence-electron chi connectivity index (χ3n) is 10.0. The van der Waals surface area contributed by atoms with Gasteiger partial charge in [-0.1, -0.05) is 36.9 Å². The van der Waals surface area contributed by atoms with Crippen LogP contribution < -0.4 is 20.1 Å². The molecule has 0 spiro atoms. The average Bonchev–Trinajstić information content (AvgIpc) is 4.07. The predicted molar refractivity (Wildman–Crippen MR) is 195 cm³/mol. The van der Waals surface area contributed by atoms with Gasteiger partial charge in [0, 0.05) is 30.5 Å². The van der Waals surface area contributed by atoms with E-state index in [0.29, 0.717) is 31.6 Å². The molecule has 2 aliphatic carbocycles. The number of cyclic esters (lactones) is 1. The third-order valence-corrected chi connectivity index (χ3v) is 11.9. The topological polar surface area (TPSA) is 193 Å². The Morgan fingerprint density at radius 3 is 2.68 bits per heavy atom. The van der Waals surface area contributed by atoms with Crippen LogP contribution in [-0.2, 0) is 33.9 Å². The number of rotatable bonds is 10. The number of nitrogens with zero attached hydrogens (tertiary/aromatic N) is 3. The van der Waals surface area contributed by atoms with Crippen LogP contribution in [-0.4, -0.2) is 108 Å². The van der Waals surface area contributed by atoms with Gasteiger partial charge in [-0.3, -0.25) is 23.9 Å². The summed E-state index contributed by atoms with van der Waals surface area (Å²) < 4.78 is 39.3. The summed E-state index contributed by atoms with van der Waals surface area (Å²) in [7, 11) is -3.93. The summed E-state index contributed by atoms with van der Waals surface area (Å²) in [6.45, 7) is 8.86. The lowest BCUT2D eigenvalue weighted by molar-refractivity contribution is -0.142. The molecule has 2 saturated carbocycles. The Morgan fingerprint density at radius 2 is 1.98 bits per heavy atom. The maximum atomic E-state index is 14.5. The van der Waals surface area contributed by atoms with E-state index in [9.17, 15) is 32.4 Å². The first kappa shape index (κ1) is 37.5. The number of fused-ring (bicyclic) bond motifs is 3. The fourth-order valence-corrected chi connectivity index (χ4v) is 8.15. The number of carbonyl (C=O) groups is 5. The molecule has 4 aliphatic rings. The van der Waals surface area contributed by atoms with Crippen LogP contribution in [0.5, 0.6) is 5.88 Å². The fourth-order valence-electron chi connectivity index (χ4n) is 6.79. The lowest BCUT2D eigenvalue weighted by Crippen LogP contribution is -2.60. The second kappa shape index (κ2) is 15.4. The highest BCUT2D eigenvalue weighted by molar-refractivity contribution is 7.91. The van der Waals surface area contributed by atoms with Crippen molar-refractivity contribution in [3.8, 4) is 5.88 Å². The molecule has 1 aromatic carbocycles. The predicted octanol–water partition coefficient (Wildman–Crippen LogP) is 2.19. The van der Waals surface area contributed by atoms with Crippen molar-refractivity contribution >= 4 is 56.6 Å². The highest BCUT2D eigenvalue weighted by Gasteiger charge is 2.62. The van der Waals surface area contributed by atoms with E-state index in [-0.39, 0.29) is 39.1 Å². The van der Waals surface area contributed by atoms with E-state index in [1.54, 1.807) is 13.1 Å². The lowest BCUT2D eigenvalue weighted by atomic mass is 10.1. The van der Waals surface area contributed by atoms with Crippen molar-refractivity contribution < 1.29 is 41.9 Å². The smallest absolute Gasteiger partial charge is 0.407 e. The summed E-state index contributed by atoms with van der Waals surface area (Å²) in [5.74, 6) is -3.05. The molecule has 0 radical (unpaired) electrons. The number of benzene rings is 1. The highest BCUT2D eigenvalue weighted by Crippen LogP contribution is 2.45. The number of likely N-dealkylation sites (N-methyl/N-ethyl adjacent to an activating group) is 1. The van der Waals surface area contributed by atoms with Gasteiger partial charge in [-0.05, 0) is 68.2 Å². The SMILES string of the molecule is C=CC(=O)N(CC)C[C@@H]1NC(=O)OCCCC=Cc2ccc3ccnc(c3c2)O[C@@H]2C[C@@H](C(=O)N[C@]3(C(=O)NS(=O)(=O)C4CC4)C[C@H]3C=C)N(C2)C1=O. The van der Waals surface area contributed by atoms with Crippen molar-refractivity contribution in [2.75, 3.05) is 26.2 Å². The molecule has 5 atom stereocenters. The van der Waals surface area contributed by atoms with Crippen LogP contribution in [0.25, 0.3) is 16.8 Å². The number of sulfonamides is 1. The number of alkyl carbamates (subject to hydrolysis) is 1. The number of carbonyl (C=O) groups excluding carboxylic acids is 5. The summed E-state index contributed by atoms with van der Waals surface area (Å²) >= 11 is 0. The van der Waals surface area contributed by atoms with E-state index in [0.717, 1.165) is 22.4 Å². The standard InChI is InChI=1S/C37H44N6O9S/c1-4-25-20-37(25,35(47)41-53(49,50)27-13-14-27)40-32(45)30-19-26-21-43(30)34(46)29(22-42(6-3)31(44)5-2)39-36(48)51-17-9-7-8-10-23-11-12-24-15-16-38-33(52-26)28(24)18-23/h4-5,8,10-12,15-16,18,25-27,29-30H,1-2,6-7,9,13-14,17,19-22H2,3H3,(H,39,48)(H,40,45)(H,41,47)/t25-,26-,29+,30+,37-/m1/s1. The minimum Gasteiger partial charge on any atom is -0.472 e. The van der Waals surface area contributed by atoms with Crippen LogP contribution in [0.15, 0.2) is 61.8 Å². The second-order valence-corrected chi connectivity index (χ2v) is 15.7. The van der Waals surface area contributed by atoms with Crippen LogP contribution >= 0.6 is 0 Å². The Bertz CT molecular complexity index is 1960. The van der Waals surface area contributed by atoms with Gasteiger partial charge in [0.05, 0.1) is 24.9 Å². The molecular formula is C37H44N6O9S. The van der Waals surface area contributed by atoms with Crippen LogP contribution in [0.2, 0.25) is 0 Å². The van der Waals surface area contributed by atoms with Gasteiger partial charge in [-0.2, -0.15) is 0 Å². The van der Waals surface area contributed by atoms with E-state index in [1.807, 2.05) is 36.4 Å². The van der Waals surface area contributed by atoms with Crippen LogP contribution in [0, 0.1) is 5.92 Å². The monoisotopic (exact) mass is 748 g/mol. The number of nitrogens with one attached hydrogen (secondary N) is 3. The zero-order valence-electron chi connectivity index (χ0n) is 29.5. The normalized spacial score (nSPS) is 25.9. The van der Waals surface area contributed by atoms with Crippen molar-refractivity contribution in [3.63, 3.8) is 0 Å². The molecule has 6 rings (SSSR count). The third kappa shape index (κ3) is 8.22. The van der Waals surface area contributed by atoms with E-state index < -0.39 is 74.6 Å². The molecule has 3 N–H and O–H groups in total. The molecule has 2 aromatic rings. The number of ether oxygens (including phenoxy) is 2. The number of amides is 5. The summed E-state index contributed by atoms with van der Waals surface area (Å²) in [6, 6.07) is 5.08. The zero-order valence-corrected chi connectivity index (χ0v) is 30.3. The molecular weight excluding hydrogens is 705 g/mol. The molecule has 3 heterocycles. The summed E-state index contributed by atoms with van der Waals surface area (Å²) in [4.78, 5) is 75.0. The largest absolute Gasteiger partial charge is 0.472 e. The van der Waals surface area contributed by atoms with Crippen LogP contribution in [0.4, 0.5) is 4.79 Å². The fraction of sp³-hybridized carbons (Fsp3) is 0.459. The van der Waals surface area contributed by atoms with Gasteiger partial charge in [-0.25, -0.2) is 18.2 Å². The highest BCUT2D eigenvalue weighted by atomic mass is 32.2. The molecule has 5 amide bonds. The number of pyridine rings is 1. The molecule has 4 bridgehead atoms. The summed E-state index contributed by atoms with van der Waals surface area (Å²) in [5, 5.41) is 6.25. The van der Waals surface area contributed by atoms with Crippen LogP contribution in [0.3, 0.4) is 0 Å². The summed E-state index contributed by atoms with van der Waals surface area (Å²) in [5.41, 5.74) is -0.708. The van der Waals surface area contributed by atoms with Gasteiger partial charge in [0.15, 0.2) is 0 Å². The number of allylic oxidation sites excluding steroid dienone is 1. The second-order valence-electron chi connectivity index (χ2n) is 13.7. The Balaban J connectivity index is 1.35. The maximum absolute atomic E-state index is 14.5. The zero-order chi connectivity index (χ0) is 37.9. The molecule has 15 nitrogen and oxygen atoms in total. The van der Waals surface area contributed by atoms with Gasteiger partial charge >= 0.3 is 6.09 Å². The number of aromatic nitrogens is 1. The molecule has 1 saturated heterocycles. The Labute approximate surface area is 307 Å². The maximum Gasteiger partial charge on any atom is 0.407 e. The molecule has 53 heavy (non-hydrogen) atoms. The average molecular weight is 749 g/mol. The molecule has 3 fully saturated rings. The van der Waals surface area contributed by atoms with Gasteiger partial charge < -0.3 is 29.9 Å². The van der Waals surface area contributed by atoms with Crippen molar-refractivity contribution in [1.29, 1.82) is 0 Å².